The van der Waals surface area contributed by atoms with Crippen molar-refractivity contribution in [3.8, 4) is 0 Å². The summed E-state index contributed by atoms with van der Waals surface area (Å²) in [6.45, 7) is 11.5. The molecule has 0 amide bonds. The fourth-order valence-corrected chi connectivity index (χ4v) is 4.04. The molecule has 1 aromatic rings. The van der Waals surface area contributed by atoms with Crippen LogP contribution in [0.15, 0.2) is 24.3 Å². The van der Waals surface area contributed by atoms with Gasteiger partial charge in [0, 0.05) is 11.7 Å². The van der Waals surface area contributed by atoms with Crippen LogP contribution in [0.2, 0.25) is 0 Å². The molecular formula is C19H30N2S. The lowest BCUT2D eigenvalue weighted by Gasteiger charge is -2.39. The molecule has 2 unspecified atom stereocenters. The quantitative estimate of drug-likeness (QED) is 0.738. The van der Waals surface area contributed by atoms with E-state index in [0.29, 0.717) is 17.4 Å². The molecule has 2 N–H and O–H groups in total. The normalized spacial score (nSPS) is 24.1. The Morgan fingerprint density at radius 1 is 1.18 bits per heavy atom. The molecule has 2 nitrogen and oxygen atoms in total. The van der Waals surface area contributed by atoms with Gasteiger partial charge in [-0.15, -0.1) is 0 Å². The van der Waals surface area contributed by atoms with Crippen LogP contribution in [0.3, 0.4) is 0 Å². The molecular weight excluding hydrogens is 288 g/mol. The third kappa shape index (κ3) is 4.98. The fraction of sp³-hybridized carbons (Fsp3) is 0.632. The van der Waals surface area contributed by atoms with Gasteiger partial charge in [-0.1, -0.05) is 46.8 Å². The summed E-state index contributed by atoms with van der Waals surface area (Å²) in [5.41, 5.74) is 2.82. The van der Waals surface area contributed by atoms with E-state index in [2.05, 4.69) is 69.5 Å². The summed E-state index contributed by atoms with van der Waals surface area (Å²) in [5.74, 6) is 1.32. The summed E-state index contributed by atoms with van der Waals surface area (Å²) >= 11 is 5.49. The van der Waals surface area contributed by atoms with Crippen LogP contribution in [0.4, 0.5) is 5.69 Å². The minimum atomic E-state index is 0.407. The van der Waals surface area contributed by atoms with E-state index in [1.165, 1.54) is 24.8 Å². The van der Waals surface area contributed by atoms with E-state index in [0.717, 1.165) is 16.7 Å². The van der Waals surface area contributed by atoms with Gasteiger partial charge in [-0.2, -0.15) is 0 Å². The van der Waals surface area contributed by atoms with Crippen molar-refractivity contribution in [2.45, 2.75) is 65.8 Å². The Morgan fingerprint density at radius 3 is 2.36 bits per heavy atom. The first kappa shape index (κ1) is 17.3. The highest BCUT2D eigenvalue weighted by molar-refractivity contribution is 7.80. The largest absolute Gasteiger partial charge is 0.360 e. The van der Waals surface area contributed by atoms with Crippen molar-refractivity contribution in [3.05, 3.63) is 29.8 Å². The van der Waals surface area contributed by atoms with Crippen LogP contribution < -0.4 is 10.6 Å². The Labute approximate surface area is 141 Å². The third-order valence-corrected chi connectivity index (χ3v) is 4.78. The van der Waals surface area contributed by atoms with Gasteiger partial charge < -0.3 is 10.6 Å². The number of benzene rings is 1. The molecule has 1 fully saturated rings. The van der Waals surface area contributed by atoms with Crippen molar-refractivity contribution in [1.82, 2.24) is 5.32 Å². The van der Waals surface area contributed by atoms with E-state index in [9.17, 15) is 0 Å². The molecule has 0 aliphatic heterocycles. The smallest absolute Gasteiger partial charge is 0.170 e. The number of anilines is 1. The summed E-state index contributed by atoms with van der Waals surface area (Å²) in [6, 6.07) is 9.03. The average molecular weight is 319 g/mol. The Hall–Kier alpha value is -1.09. The van der Waals surface area contributed by atoms with Gasteiger partial charge >= 0.3 is 0 Å². The maximum absolute atomic E-state index is 5.49. The van der Waals surface area contributed by atoms with Crippen molar-refractivity contribution >= 4 is 23.0 Å². The van der Waals surface area contributed by atoms with Gasteiger partial charge in [-0.3, -0.25) is 0 Å². The second-order valence-corrected chi connectivity index (χ2v) is 8.39. The summed E-state index contributed by atoms with van der Waals surface area (Å²) in [5, 5.41) is 7.57. The Bertz CT molecular complexity index is 505. The highest BCUT2D eigenvalue weighted by atomic mass is 32.1. The first-order chi connectivity index (χ1) is 10.2. The van der Waals surface area contributed by atoms with Crippen LogP contribution in [0.5, 0.6) is 0 Å². The zero-order valence-electron chi connectivity index (χ0n) is 14.6. The number of nitrogens with one attached hydrogen (secondary N) is 2. The molecule has 22 heavy (non-hydrogen) atoms. The third-order valence-electron chi connectivity index (χ3n) is 4.56. The standard InChI is InChI=1S/C19H30N2S/c1-13(2)15-6-8-16(9-7-15)20-18(22)21-17-10-14(3)11-19(4,5)12-17/h6-9,13-14,17H,10-12H2,1-5H3,(H2,20,21,22). The molecule has 122 valence electrons. The molecule has 0 spiro atoms. The van der Waals surface area contributed by atoms with Crippen LogP contribution in [-0.2, 0) is 0 Å². The summed E-state index contributed by atoms with van der Waals surface area (Å²) in [6.07, 6.45) is 3.70. The lowest BCUT2D eigenvalue weighted by atomic mass is 9.71. The SMILES string of the molecule is CC1CC(NC(=S)Nc2ccc(C(C)C)cc2)CC(C)(C)C1. The molecule has 1 saturated carbocycles. The summed E-state index contributed by atoms with van der Waals surface area (Å²) < 4.78 is 0. The number of hydrogen-bond acceptors (Lipinski definition) is 1. The van der Waals surface area contributed by atoms with Crippen LogP contribution in [0.1, 0.15) is 65.4 Å². The lowest BCUT2D eigenvalue weighted by molar-refractivity contribution is 0.162. The molecule has 1 aliphatic carbocycles. The fourth-order valence-electron chi connectivity index (χ4n) is 3.76. The second-order valence-electron chi connectivity index (χ2n) is 7.99. The van der Waals surface area contributed by atoms with E-state index < -0.39 is 0 Å². The lowest BCUT2D eigenvalue weighted by Crippen LogP contribution is -2.44. The first-order valence-corrected chi connectivity index (χ1v) is 8.83. The van der Waals surface area contributed by atoms with Gasteiger partial charge in [-0.05, 0) is 66.4 Å². The van der Waals surface area contributed by atoms with Gasteiger partial charge in [0.2, 0.25) is 0 Å². The minimum Gasteiger partial charge on any atom is -0.360 e. The zero-order chi connectivity index (χ0) is 16.3. The molecule has 2 rings (SSSR count). The Kier molecular flexibility index (Phi) is 5.49. The van der Waals surface area contributed by atoms with Crippen molar-refractivity contribution < 1.29 is 0 Å². The minimum absolute atomic E-state index is 0.407. The van der Waals surface area contributed by atoms with Gasteiger partial charge in [0.15, 0.2) is 5.11 Å². The van der Waals surface area contributed by atoms with Gasteiger partial charge in [0.1, 0.15) is 0 Å². The molecule has 0 bridgehead atoms. The van der Waals surface area contributed by atoms with Gasteiger partial charge in [0.25, 0.3) is 0 Å². The Morgan fingerprint density at radius 2 is 1.82 bits per heavy atom. The molecule has 2 atom stereocenters. The average Bonchev–Trinajstić information content (AvgIpc) is 2.36. The molecule has 3 heteroatoms. The van der Waals surface area contributed by atoms with E-state index in [4.69, 9.17) is 12.2 Å². The van der Waals surface area contributed by atoms with Crippen LogP contribution >= 0.6 is 12.2 Å². The van der Waals surface area contributed by atoms with Gasteiger partial charge in [0.05, 0.1) is 0 Å². The zero-order valence-corrected chi connectivity index (χ0v) is 15.4. The summed E-state index contributed by atoms with van der Waals surface area (Å²) in [4.78, 5) is 0. The van der Waals surface area contributed by atoms with Gasteiger partial charge in [-0.25, -0.2) is 0 Å². The number of hydrogen-bond donors (Lipinski definition) is 2. The van der Waals surface area contributed by atoms with Crippen molar-refractivity contribution in [3.63, 3.8) is 0 Å². The molecule has 1 aliphatic rings. The van der Waals surface area contributed by atoms with Crippen LogP contribution in [0.25, 0.3) is 0 Å². The maximum Gasteiger partial charge on any atom is 0.170 e. The van der Waals surface area contributed by atoms with Crippen molar-refractivity contribution in [1.29, 1.82) is 0 Å². The number of rotatable bonds is 3. The predicted octanol–water partition coefficient (Wildman–Crippen LogP) is 5.31. The number of thiocarbonyl (C=S) groups is 1. The topological polar surface area (TPSA) is 24.1 Å². The van der Waals surface area contributed by atoms with E-state index in [1.807, 2.05) is 0 Å². The predicted molar refractivity (Wildman–Crippen MR) is 100 cm³/mol. The van der Waals surface area contributed by atoms with E-state index >= 15 is 0 Å². The summed E-state index contributed by atoms with van der Waals surface area (Å²) in [7, 11) is 0. The second kappa shape index (κ2) is 6.99. The van der Waals surface area contributed by atoms with E-state index in [1.54, 1.807) is 0 Å². The molecule has 0 aromatic heterocycles. The maximum atomic E-state index is 5.49. The highest BCUT2D eigenvalue weighted by Crippen LogP contribution is 2.38. The monoisotopic (exact) mass is 318 g/mol. The van der Waals surface area contributed by atoms with E-state index in [-0.39, 0.29) is 0 Å². The highest BCUT2D eigenvalue weighted by Gasteiger charge is 2.32. The van der Waals surface area contributed by atoms with Crippen LogP contribution in [-0.4, -0.2) is 11.2 Å². The molecule has 0 saturated heterocycles. The van der Waals surface area contributed by atoms with Crippen molar-refractivity contribution in [2.24, 2.45) is 11.3 Å². The first-order valence-electron chi connectivity index (χ1n) is 8.42. The van der Waals surface area contributed by atoms with Crippen LogP contribution in [0, 0.1) is 11.3 Å². The molecule has 0 radical (unpaired) electrons. The Balaban J connectivity index is 1.90. The molecule has 1 aromatic carbocycles. The molecule has 0 heterocycles. The van der Waals surface area contributed by atoms with Crippen molar-refractivity contribution in [2.75, 3.05) is 5.32 Å².